The number of sulfonamides is 1. The van der Waals surface area contributed by atoms with Crippen LogP contribution in [0.5, 0.6) is 5.75 Å². The van der Waals surface area contributed by atoms with Crippen LogP contribution in [0.4, 0.5) is 10.1 Å². The summed E-state index contributed by atoms with van der Waals surface area (Å²) in [4.78, 5) is 16.8. The van der Waals surface area contributed by atoms with E-state index >= 15 is 0 Å². The SMILES string of the molecule is Cc1c(S(N)(=O)=O)ccc(OC2CCC2)c1C(=O)N1CCN(c2ccc(C#N)cc2F)CC1. The van der Waals surface area contributed by atoms with Gasteiger partial charge in [0.05, 0.1) is 33.9 Å². The van der Waals surface area contributed by atoms with Gasteiger partial charge in [0.2, 0.25) is 10.0 Å². The van der Waals surface area contributed by atoms with Crippen molar-refractivity contribution in [2.45, 2.75) is 37.2 Å². The summed E-state index contributed by atoms with van der Waals surface area (Å²) in [5, 5.41) is 14.3. The van der Waals surface area contributed by atoms with E-state index in [4.69, 9.17) is 15.1 Å². The number of amides is 1. The predicted molar refractivity (Wildman–Crippen MR) is 120 cm³/mol. The third-order valence-corrected chi connectivity index (χ3v) is 7.28. The Morgan fingerprint density at radius 2 is 1.88 bits per heavy atom. The summed E-state index contributed by atoms with van der Waals surface area (Å²) in [7, 11) is -4.01. The van der Waals surface area contributed by atoms with E-state index in [-0.39, 0.29) is 33.6 Å². The number of benzene rings is 2. The molecule has 0 unspecified atom stereocenters. The van der Waals surface area contributed by atoms with E-state index in [1.807, 2.05) is 11.0 Å². The van der Waals surface area contributed by atoms with Gasteiger partial charge in [0.1, 0.15) is 11.6 Å². The maximum absolute atomic E-state index is 14.4. The molecule has 0 atom stereocenters. The number of nitrogens with two attached hydrogens (primary N) is 1. The number of carbonyl (C=O) groups is 1. The molecule has 0 radical (unpaired) electrons. The largest absolute Gasteiger partial charge is 0.490 e. The fourth-order valence-electron chi connectivity index (χ4n) is 4.15. The van der Waals surface area contributed by atoms with Gasteiger partial charge in [0.15, 0.2) is 0 Å². The summed E-state index contributed by atoms with van der Waals surface area (Å²) >= 11 is 0. The van der Waals surface area contributed by atoms with Gasteiger partial charge in [-0.1, -0.05) is 0 Å². The number of anilines is 1. The fourth-order valence-corrected chi connectivity index (χ4v) is 4.94. The lowest BCUT2D eigenvalue weighted by Gasteiger charge is -2.37. The molecule has 33 heavy (non-hydrogen) atoms. The van der Waals surface area contributed by atoms with Crippen molar-refractivity contribution >= 4 is 21.6 Å². The number of halogens is 1. The minimum atomic E-state index is -4.01. The molecular formula is C23H25FN4O4S. The molecule has 2 fully saturated rings. The average Bonchev–Trinajstić information content (AvgIpc) is 2.75. The Bertz CT molecular complexity index is 1230. The van der Waals surface area contributed by atoms with Crippen molar-refractivity contribution in [1.82, 2.24) is 4.90 Å². The monoisotopic (exact) mass is 472 g/mol. The van der Waals surface area contributed by atoms with Gasteiger partial charge in [-0.25, -0.2) is 17.9 Å². The van der Waals surface area contributed by atoms with Crippen molar-refractivity contribution in [2.24, 2.45) is 5.14 Å². The summed E-state index contributed by atoms with van der Waals surface area (Å²) in [6.07, 6.45) is 2.83. The number of hydrogen-bond donors (Lipinski definition) is 1. The molecule has 1 aliphatic heterocycles. The highest BCUT2D eigenvalue weighted by molar-refractivity contribution is 7.89. The predicted octanol–water partition coefficient (Wildman–Crippen LogP) is 2.55. The van der Waals surface area contributed by atoms with E-state index in [0.717, 1.165) is 19.3 Å². The van der Waals surface area contributed by atoms with Crippen molar-refractivity contribution in [2.75, 3.05) is 31.1 Å². The molecule has 10 heteroatoms. The number of ether oxygens (including phenoxy) is 1. The van der Waals surface area contributed by atoms with Crippen LogP contribution >= 0.6 is 0 Å². The van der Waals surface area contributed by atoms with Crippen LogP contribution in [-0.2, 0) is 10.0 Å². The maximum atomic E-state index is 14.4. The summed E-state index contributed by atoms with van der Waals surface area (Å²) in [5.41, 5.74) is 1.09. The highest BCUT2D eigenvalue weighted by Crippen LogP contribution is 2.33. The Balaban J connectivity index is 1.57. The summed E-state index contributed by atoms with van der Waals surface area (Å²) in [6.45, 7) is 2.98. The second-order valence-electron chi connectivity index (χ2n) is 8.33. The van der Waals surface area contributed by atoms with Crippen LogP contribution in [0.1, 0.15) is 40.7 Å². The lowest BCUT2D eigenvalue weighted by molar-refractivity contribution is 0.0727. The van der Waals surface area contributed by atoms with Crippen molar-refractivity contribution in [1.29, 1.82) is 5.26 Å². The molecule has 2 N–H and O–H groups in total. The molecule has 0 bridgehead atoms. The molecule has 0 aromatic heterocycles. The Kier molecular flexibility index (Phi) is 6.28. The minimum Gasteiger partial charge on any atom is -0.490 e. The molecule has 1 aliphatic carbocycles. The molecular weight excluding hydrogens is 447 g/mol. The molecule has 1 heterocycles. The highest BCUT2D eigenvalue weighted by atomic mass is 32.2. The standard InChI is InChI=1S/C23H25FN4O4S/c1-15-21(33(26,30)31)8-7-20(32-17-3-2-4-17)22(15)23(29)28-11-9-27(10-12-28)19-6-5-16(14-25)13-18(19)24/h5-8,13,17H,2-4,9-12H2,1H3,(H2,26,30,31). The van der Waals surface area contributed by atoms with Gasteiger partial charge in [-0.15, -0.1) is 0 Å². The van der Waals surface area contributed by atoms with Crippen LogP contribution in [0, 0.1) is 24.1 Å². The molecule has 174 valence electrons. The zero-order valence-electron chi connectivity index (χ0n) is 18.3. The molecule has 1 saturated carbocycles. The van der Waals surface area contributed by atoms with Gasteiger partial charge in [-0.3, -0.25) is 4.79 Å². The van der Waals surface area contributed by atoms with Gasteiger partial charge >= 0.3 is 0 Å². The number of nitriles is 1. The first-order valence-electron chi connectivity index (χ1n) is 10.8. The van der Waals surface area contributed by atoms with E-state index in [2.05, 4.69) is 0 Å². The van der Waals surface area contributed by atoms with Crippen LogP contribution in [0.2, 0.25) is 0 Å². The molecule has 4 rings (SSSR count). The van der Waals surface area contributed by atoms with Crippen molar-refractivity contribution in [3.63, 3.8) is 0 Å². The molecule has 0 spiro atoms. The smallest absolute Gasteiger partial charge is 0.258 e. The van der Waals surface area contributed by atoms with Crippen LogP contribution in [0.25, 0.3) is 0 Å². The number of nitrogens with zero attached hydrogens (tertiary/aromatic N) is 3. The lowest BCUT2D eigenvalue weighted by atomic mass is 9.96. The topological polar surface area (TPSA) is 117 Å². The highest BCUT2D eigenvalue weighted by Gasteiger charge is 2.31. The Hall–Kier alpha value is -3.16. The minimum absolute atomic E-state index is 0.00693. The third-order valence-electron chi connectivity index (χ3n) is 6.23. The second-order valence-corrected chi connectivity index (χ2v) is 9.86. The molecule has 1 saturated heterocycles. The van der Waals surface area contributed by atoms with Crippen LogP contribution in [0.15, 0.2) is 35.2 Å². The van der Waals surface area contributed by atoms with Crippen LogP contribution in [-0.4, -0.2) is 51.5 Å². The third kappa shape index (κ3) is 4.65. The first-order valence-corrected chi connectivity index (χ1v) is 12.3. The van der Waals surface area contributed by atoms with E-state index in [0.29, 0.717) is 37.6 Å². The Labute approximate surface area is 192 Å². The van der Waals surface area contributed by atoms with Gasteiger partial charge in [-0.2, -0.15) is 5.26 Å². The summed E-state index contributed by atoms with van der Waals surface area (Å²) in [5.74, 6) is -0.468. The number of rotatable bonds is 5. The van der Waals surface area contributed by atoms with Crippen LogP contribution < -0.4 is 14.8 Å². The first-order chi connectivity index (χ1) is 15.7. The van der Waals surface area contributed by atoms with Gasteiger partial charge in [0.25, 0.3) is 5.91 Å². The molecule has 2 aromatic rings. The Morgan fingerprint density at radius 3 is 2.42 bits per heavy atom. The lowest BCUT2D eigenvalue weighted by Crippen LogP contribution is -2.49. The quantitative estimate of drug-likeness (QED) is 0.715. The number of carbonyl (C=O) groups excluding carboxylic acids is 1. The summed E-state index contributed by atoms with van der Waals surface area (Å²) in [6, 6.07) is 9.10. The molecule has 1 amide bonds. The van der Waals surface area contributed by atoms with Gasteiger partial charge in [0, 0.05) is 26.2 Å². The van der Waals surface area contributed by atoms with Crippen molar-refractivity contribution in [3.8, 4) is 11.8 Å². The molecule has 2 aliphatic rings. The molecule has 8 nitrogen and oxygen atoms in total. The van der Waals surface area contributed by atoms with Gasteiger partial charge in [-0.05, 0) is 62.1 Å². The van der Waals surface area contributed by atoms with Crippen molar-refractivity contribution < 1.29 is 22.3 Å². The first kappa shape index (κ1) is 23.0. The number of primary sulfonamides is 1. The van der Waals surface area contributed by atoms with Crippen molar-refractivity contribution in [3.05, 3.63) is 52.8 Å². The normalized spacial score (nSPS) is 16.8. The maximum Gasteiger partial charge on any atom is 0.258 e. The molecule has 2 aromatic carbocycles. The Morgan fingerprint density at radius 1 is 1.18 bits per heavy atom. The average molecular weight is 473 g/mol. The zero-order chi connectivity index (χ0) is 23.8. The second kappa shape index (κ2) is 9.00. The number of hydrogen-bond acceptors (Lipinski definition) is 6. The number of piperazine rings is 1. The van der Waals surface area contributed by atoms with E-state index < -0.39 is 15.8 Å². The van der Waals surface area contributed by atoms with E-state index in [1.54, 1.807) is 24.0 Å². The van der Waals surface area contributed by atoms with Gasteiger partial charge < -0.3 is 14.5 Å². The fraction of sp³-hybridized carbons (Fsp3) is 0.391. The van der Waals surface area contributed by atoms with E-state index in [1.165, 1.54) is 18.2 Å². The van der Waals surface area contributed by atoms with Crippen LogP contribution in [0.3, 0.4) is 0 Å². The van der Waals surface area contributed by atoms with E-state index in [9.17, 15) is 17.6 Å². The zero-order valence-corrected chi connectivity index (χ0v) is 19.1. The summed E-state index contributed by atoms with van der Waals surface area (Å²) < 4.78 is 44.5.